The predicted molar refractivity (Wildman–Crippen MR) is 150 cm³/mol. The number of amides is 1. The van der Waals surface area contributed by atoms with Crippen molar-refractivity contribution in [1.82, 2.24) is 5.32 Å². The molecule has 4 aromatic carbocycles. The maximum atomic E-state index is 12.8. The van der Waals surface area contributed by atoms with Gasteiger partial charge in [0.25, 0.3) is 5.91 Å². The van der Waals surface area contributed by atoms with Crippen LogP contribution in [0.2, 0.25) is 0 Å². The van der Waals surface area contributed by atoms with Gasteiger partial charge in [-0.1, -0.05) is 60.7 Å². The number of sulfonamides is 1. The van der Waals surface area contributed by atoms with E-state index in [0.717, 1.165) is 29.5 Å². The van der Waals surface area contributed by atoms with Gasteiger partial charge >= 0.3 is 12.1 Å². The Hall–Kier alpha value is -4.64. The van der Waals surface area contributed by atoms with Crippen molar-refractivity contribution in [3.05, 3.63) is 114 Å². The number of benzene rings is 4. The second kappa shape index (κ2) is 11.8. The van der Waals surface area contributed by atoms with E-state index in [1.807, 2.05) is 0 Å². The lowest BCUT2D eigenvalue weighted by molar-refractivity contribution is -0.139. The molecule has 0 aliphatic heterocycles. The molecule has 0 spiro atoms. The highest BCUT2D eigenvalue weighted by atomic mass is 32.2. The van der Waals surface area contributed by atoms with E-state index in [9.17, 15) is 36.3 Å². The fourth-order valence-corrected chi connectivity index (χ4v) is 4.69. The second-order valence-electron chi connectivity index (χ2n) is 9.37. The number of alkyl halides is 3. The van der Waals surface area contributed by atoms with E-state index >= 15 is 0 Å². The van der Waals surface area contributed by atoms with Crippen LogP contribution in [0.1, 0.15) is 21.5 Å². The molecule has 7 nitrogen and oxygen atoms in total. The molecule has 0 fully saturated rings. The van der Waals surface area contributed by atoms with Crippen LogP contribution in [-0.4, -0.2) is 37.7 Å². The third-order valence-corrected chi connectivity index (χ3v) is 6.82. The highest BCUT2D eigenvalue weighted by Crippen LogP contribution is 2.31. The van der Waals surface area contributed by atoms with Gasteiger partial charge in [-0.2, -0.15) is 13.2 Å². The van der Waals surface area contributed by atoms with Crippen molar-refractivity contribution in [2.75, 3.05) is 11.0 Å². The average molecular weight is 583 g/mol. The lowest BCUT2D eigenvalue weighted by atomic mass is 10.00. The Kier molecular flexibility index (Phi) is 8.48. The van der Waals surface area contributed by atoms with E-state index in [-0.39, 0.29) is 12.0 Å². The van der Waals surface area contributed by atoms with Crippen LogP contribution in [0.15, 0.2) is 97.1 Å². The molecule has 0 aliphatic rings. The number of carbonyl (C=O) groups excluding carboxylic acids is 1. The molecule has 0 radical (unpaired) electrons. The zero-order chi connectivity index (χ0) is 29.8. The molecule has 0 heterocycles. The summed E-state index contributed by atoms with van der Waals surface area (Å²) in [5, 5.41) is 12.2. The number of hydrogen-bond acceptors (Lipinski definition) is 4. The third kappa shape index (κ3) is 7.95. The first-order valence-corrected chi connectivity index (χ1v) is 14.2. The number of anilines is 1. The number of aliphatic carboxylic acids is 1. The standard InChI is InChI=1S/C30H25F3N2O5S/c1-41(39,40)35-26-16-12-23(13-17-26)20-4-2-19(3-5-20)18-27(29(37)38)34-28(36)24-8-6-21(7-9-24)22-10-14-25(15-11-22)30(31,32)33/h2-17,27,35H,18H2,1H3,(H,34,36)(H,37,38). The summed E-state index contributed by atoms with van der Waals surface area (Å²) in [5.74, 6) is -1.81. The molecule has 1 unspecified atom stereocenters. The van der Waals surface area contributed by atoms with Crippen molar-refractivity contribution in [3.8, 4) is 22.3 Å². The maximum absolute atomic E-state index is 12.8. The van der Waals surface area contributed by atoms with Crippen molar-refractivity contribution in [3.63, 3.8) is 0 Å². The quantitative estimate of drug-likeness (QED) is 0.230. The van der Waals surface area contributed by atoms with Gasteiger partial charge in [-0.25, -0.2) is 13.2 Å². The van der Waals surface area contributed by atoms with Crippen molar-refractivity contribution >= 4 is 27.6 Å². The van der Waals surface area contributed by atoms with Crippen molar-refractivity contribution in [2.24, 2.45) is 0 Å². The molecule has 212 valence electrons. The topological polar surface area (TPSA) is 113 Å². The number of halogens is 3. The highest BCUT2D eigenvalue weighted by molar-refractivity contribution is 7.92. The predicted octanol–water partition coefficient (Wildman–Crippen LogP) is 5.84. The Bertz CT molecular complexity index is 1640. The van der Waals surface area contributed by atoms with Gasteiger partial charge < -0.3 is 10.4 Å². The van der Waals surface area contributed by atoms with Crippen LogP contribution in [0.4, 0.5) is 18.9 Å². The Morgan fingerprint density at radius 2 is 1.20 bits per heavy atom. The number of rotatable bonds is 9. The Labute approximate surface area is 234 Å². The van der Waals surface area contributed by atoms with E-state index in [1.165, 1.54) is 24.3 Å². The molecule has 0 aromatic heterocycles. The maximum Gasteiger partial charge on any atom is 0.416 e. The molecular weight excluding hydrogens is 557 g/mol. The van der Waals surface area contributed by atoms with E-state index in [1.54, 1.807) is 60.7 Å². The van der Waals surface area contributed by atoms with Crippen LogP contribution in [0.25, 0.3) is 22.3 Å². The summed E-state index contributed by atoms with van der Waals surface area (Å²) in [5.41, 5.74) is 3.37. The van der Waals surface area contributed by atoms with Gasteiger partial charge in [0.05, 0.1) is 11.8 Å². The van der Waals surface area contributed by atoms with E-state index in [2.05, 4.69) is 10.0 Å². The van der Waals surface area contributed by atoms with E-state index in [0.29, 0.717) is 22.4 Å². The molecule has 41 heavy (non-hydrogen) atoms. The summed E-state index contributed by atoms with van der Waals surface area (Å²) in [6.07, 6.45) is -3.34. The van der Waals surface area contributed by atoms with Gasteiger partial charge in [0, 0.05) is 17.7 Å². The lowest BCUT2D eigenvalue weighted by Crippen LogP contribution is -2.42. The number of carboxylic acid groups (broad SMARTS) is 1. The number of carboxylic acids is 1. The molecule has 0 aliphatic carbocycles. The van der Waals surface area contributed by atoms with Crippen LogP contribution >= 0.6 is 0 Å². The molecule has 1 amide bonds. The first-order valence-electron chi connectivity index (χ1n) is 12.3. The van der Waals surface area contributed by atoms with Crippen LogP contribution in [0.3, 0.4) is 0 Å². The molecule has 11 heteroatoms. The highest BCUT2D eigenvalue weighted by Gasteiger charge is 2.30. The van der Waals surface area contributed by atoms with Gasteiger partial charge in [-0.3, -0.25) is 9.52 Å². The molecule has 0 saturated carbocycles. The second-order valence-corrected chi connectivity index (χ2v) is 11.1. The fraction of sp³-hybridized carbons (Fsp3) is 0.133. The summed E-state index contributed by atoms with van der Waals surface area (Å²) in [7, 11) is -3.38. The minimum atomic E-state index is -4.43. The average Bonchev–Trinajstić information content (AvgIpc) is 2.92. The molecule has 3 N–H and O–H groups in total. The SMILES string of the molecule is CS(=O)(=O)Nc1ccc(-c2ccc(CC(NC(=O)c3ccc(-c4ccc(C(F)(F)F)cc4)cc3)C(=O)O)cc2)cc1. The Balaban J connectivity index is 1.39. The summed E-state index contributed by atoms with van der Waals surface area (Å²) < 4.78 is 63.5. The molecule has 0 saturated heterocycles. The summed E-state index contributed by atoms with van der Waals surface area (Å²) in [6, 6.07) is 23.4. The molecule has 4 aromatic rings. The molecule has 4 rings (SSSR count). The normalized spacial score (nSPS) is 12.4. The number of nitrogens with one attached hydrogen (secondary N) is 2. The van der Waals surface area contributed by atoms with Gasteiger partial charge in [-0.05, 0) is 64.2 Å². The smallest absolute Gasteiger partial charge is 0.416 e. The minimum Gasteiger partial charge on any atom is -0.480 e. The zero-order valence-corrected chi connectivity index (χ0v) is 22.5. The molecular formula is C30H25F3N2O5S. The van der Waals surface area contributed by atoms with Gasteiger partial charge in [0.2, 0.25) is 10.0 Å². The van der Waals surface area contributed by atoms with Gasteiger partial charge in [-0.15, -0.1) is 0 Å². The number of carbonyl (C=O) groups is 2. The minimum absolute atomic E-state index is 0.0300. The van der Waals surface area contributed by atoms with Crippen molar-refractivity contribution in [1.29, 1.82) is 0 Å². The first-order chi connectivity index (χ1) is 19.3. The van der Waals surface area contributed by atoms with Gasteiger partial charge in [0.15, 0.2) is 0 Å². The van der Waals surface area contributed by atoms with Crippen molar-refractivity contribution < 1.29 is 36.3 Å². The Morgan fingerprint density at radius 3 is 1.63 bits per heavy atom. The summed E-state index contributed by atoms with van der Waals surface area (Å²) in [6.45, 7) is 0. The van der Waals surface area contributed by atoms with Crippen LogP contribution in [0, 0.1) is 0 Å². The van der Waals surface area contributed by atoms with E-state index in [4.69, 9.17) is 0 Å². The van der Waals surface area contributed by atoms with Crippen molar-refractivity contribution in [2.45, 2.75) is 18.6 Å². The fourth-order valence-electron chi connectivity index (χ4n) is 4.12. The van der Waals surface area contributed by atoms with E-state index < -0.39 is 39.7 Å². The Morgan fingerprint density at radius 1 is 0.756 bits per heavy atom. The first kappa shape index (κ1) is 29.3. The third-order valence-electron chi connectivity index (χ3n) is 6.21. The van der Waals surface area contributed by atoms with Crippen LogP contribution < -0.4 is 10.0 Å². The summed E-state index contributed by atoms with van der Waals surface area (Å²) >= 11 is 0. The molecule has 1 atom stereocenters. The van der Waals surface area contributed by atoms with Crippen LogP contribution in [-0.2, 0) is 27.4 Å². The largest absolute Gasteiger partial charge is 0.480 e. The zero-order valence-electron chi connectivity index (χ0n) is 21.6. The van der Waals surface area contributed by atoms with Gasteiger partial charge in [0.1, 0.15) is 6.04 Å². The lowest BCUT2D eigenvalue weighted by Gasteiger charge is -2.15. The summed E-state index contributed by atoms with van der Waals surface area (Å²) in [4.78, 5) is 24.6. The monoisotopic (exact) mass is 582 g/mol. The number of hydrogen-bond donors (Lipinski definition) is 3. The van der Waals surface area contributed by atoms with Crippen LogP contribution in [0.5, 0.6) is 0 Å². The molecule has 0 bridgehead atoms.